The van der Waals surface area contributed by atoms with E-state index in [1.54, 1.807) is 0 Å². The van der Waals surface area contributed by atoms with Crippen LogP contribution in [0.2, 0.25) is 0 Å². The Morgan fingerprint density at radius 1 is 1.38 bits per heavy atom. The molecule has 0 aliphatic rings. The number of hydrogen-bond donors (Lipinski definition) is 0. The Morgan fingerprint density at radius 3 is 2.12 bits per heavy atom. The van der Waals surface area contributed by atoms with Gasteiger partial charge in [-0.1, -0.05) is 5.82 Å². The standard InChI is InChI=1S/C4H6N3.V/c1-3-5-4(2)7-6-3;/h1-2H3;/q-1;. The zero-order valence-electron chi connectivity index (χ0n) is 4.79. The Bertz CT molecular complexity index is 144. The topological polar surface area (TPSA) is 39.9 Å². The first-order chi connectivity index (χ1) is 3.29. The van der Waals surface area contributed by atoms with Crippen LogP contribution in [-0.2, 0) is 18.6 Å². The summed E-state index contributed by atoms with van der Waals surface area (Å²) >= 11 is 0. The van der Waals surface area contributed by atoms with Crippen LogP contribution in [0.5, 0.6) is 0 Å². The van der Waals surface area contributed by atoms with Crippen LogP contribution in [0.4, 0.5) is 0 Å². The van der Waals surface area contributed by atoms with Gasteiger partial charge in [-0.05, 0) is 13.8 Å². The zero-order chi connectivity index (χ0) is 5.28. The Kier molecular flexibility index (Phi) is 2.80. The molecule has 0 atom stereocenters. The van der Waals surface area contributed by atoms with Gasteiger partial charge in [0.05, 0.1) is 0 Å². The van der Waals surface area contributed by atoms with Crippen molar-refractivity contribution in [3.8, 4) is 0 Å². The summed E-state index contributed by atoms with van der Waals surface area (Å²) in [5.41, 5.74) is 0. The molecular weight excluding hydrogens is 141 g/mol. The minimum atomic E-state index is 0. The van der Waals surface area contributed by atoms with Gasteiger partial charge in [0.25, 0.3) is 0 Å². The van der Waals surface area contributed by atoms with Gasteiger partial charge in [0, 0.05) is 24.4 Å². The molecule has 0 aromatic carbocycles. The van der Waals surface area contributed by atoms with E-state index < -0.39 is 0 Å². The number of aryl methyl sites for hydroxylation is 2. The third-order valence-corrected chi connectivity index (χ3v) is 0.663. The molecule has 8 heavy (non-hydrogen) atoms. The Labute approximate surface area is 59.8 Å². The first kappa shape index (κ1) is 7.72. The molecular formula is C4H6N3V-. The van der Waals surface area contributed by atoms with E-state index in [1.165, 1.54) is 0 Å². The summed E-state index contributed by atoms with van der Waals surface area (Å²) in [4.78, 5) is 3.89. The largest absolute Gasteiger partial charge is 0.427 e. The average molecular weight is 147 g/mol. The van der Waals surface area contributed by atoms with Gasteiger partial charge in [0.2, 0.25) is 0 Å². The molecule has 0 N–H and O–H groups in total. The van der Waals surface area contributed by atoms with Gasteiger partial charge in [-0.15, -0.1) is 0 Å². The number of aromatic nitrogens is 3. The molecule has 0 amide bonds. The fraction of sp³-hybridized carbons (Fsp3) is 0.500. The van der Waals surface area contributed by atoms with Gasteiger partial charge in [-0.3, -0.25) is 5.10 Å². The molecule has 1 heterocycles. The molecule has 4 heteroatoms. The van der Waals surface area contributed by atoms with Crippen LogP contribution in [0.15, 0.2) is 0 Å². The predicted octanol–water partition coefficient (Wildman–Crippen LogP) is 0.0481. The maximum absolute atomic E-state index is 3.89. The molecule has 0 spiro atoms. The Balaban J connectivity index is 0.000000490. The van der Waals surface area contributed by atoms with Crippen LogP contribution in [-0.4, -0.2) is 10.1 Å². The number of nitrogens with zero attached hydrogens (tertiary/aromatic N) is 3. The molecule has 1 rings (SSSR count). The second-order valence-electron chi connectivity index (χ2n) is 1.41. The molecule has 3 nitrogen and oxygen atoms in total. The molecule has 1 aromatic rings. The van der Waals surface area contributed by atoms with Crippen molar-refractivity contribution in [3.05, 3.63) is 11.6 Å². The maximum atomic E-state index is 3.89. The molecule has 0 aliphatic carbocycles. The third-order valence-electron chi connectivity index (χ3n) is 0.663. The van der Waals surface area contributed by atoms with E-state index in [4.69, 9.17) is 0 Å². The Morgan fingerprint density at radius 2 is 2.00 bits per heavy atom. The van der Waals surface area contributed by atoms with Crippen molar-refractivity contribution in [1.82, 2.24) is 15.2 Å². The normalized spacial score (nSPS) is 8.25. The van der Waals surface area contributed by atoms with Crippen LogP contribution in [0.1, 0.15) is 11.6 Å². The fourth-order valence-electron chi connectivity index (χ4n) is 0.424. The smallest absolute Gasteiger partial charge is 0.0233 e. The summed E-state index contributed by atoms with van der Waals surface area (Å²) in [6.45, 7) is 3.64. The summed E-state index contributed by atoms with van der Waals surface area (Å²) < 4.78 is 0. The Hall–Kier alpha value is -0.276. The van der Waals surface area contributed by atoms with Gasteiger partial charge in [-0.2, -0.15) is 0 Å². The van der Waals surface area contributed by atoms with Crippen molar-refractivity contribution < 1.29 is 18.6 Å². The average Bonchev–Trinajstić information content (AvgIpc) is 1.87. The summed E-state index contributed by atoms with van der Waals surface area (Å²) in [7, 11) is 0. The molecule has 1 radical (unpaired) electrons. The zero-order valence-corrected chi connectivity index (χ0v) is 6.19. The number of rotatable bonds is 0. The molecule has 0 unspecified atom stereocenters. The van der Waals surface area contributed by atoms with Crippen molar-refractivity contribution in [3.63, 3.8) is 0 Å². The van der Waals surface area contributed by atoms with Crippen LogP contribution in [0, 0.1) is 13.8 Å². The van der Waals surface area contributed by atoms with Gasteiger partial charge in [0.1, 0.15) is 0 Å². The SMILES string of the molecule is Cc1n[n-]c(C)n1.[V]. The van der Waals surface area contributed by atoms with E-state index in [0.29, 0.717) is 0 Å². The van der Waals surface area contributed by atoms with Crippen molar-refractivity contribution in [2.75, 3.05) is 0 Å². The van der Waals surface area contributed by atoms with Crippen molar-refractivity contribution in [2.24, 2.45) is 0 Å². The van der Waals surface area contributed by atoms with E-state index in [2.05, 4.69) is 15.2 Å². The van der Waals surface area contributed by atoms with Crippen molar-refractivity contribution in [1.29, 1.82) is 0 Å². The molecule has 0 saturated heterocycles. The van der Waals surface area contributed by atoms with Crippen molar-refractivity contribution >= 4 is 0 Å². The van der Waals surface area contributed by atoms with Gasteiger partial charge < -0.3 is 10.1 Å². The predicted molar refractivity (Wildman–Crippen MR) is 24.8 cm³/mol. The minimum absolute atomic E-state index is 0. The summed E-state index contributed by atoms with van der Waals surface area (Å²) in [6.07, 6.45) is 0. The second kappa shape index (κ2) is 2.89. The van der Waals surface area contributed by atoms with E-state index in [9.17, 15) is 0 Å². The van der Waals surface area contributed by atoms with Gasteiger partial charge in [-0.25, -0.2) is 0 Å². The van der Waals surface area contributed by atoms with Crippen LogP contribution in [0.3, 0.4) is 0 Å². The molecule has 43 valence electrons. The third kappa shape index (κ3) is 1.68. The molecule has 0 fully saturated rings. The van der Waals surface area contributed by atoms with E-state index in [0.717, 1.165) is 11.6 Å². The van der Waals surface area contributed by atoms with Crippen molar-refractivity contribution in [2.45, 2.75) is 13.8 Å². The summed E-state index contributed by atoms with van der Waals surface area (Å²) in [6, 6.07) is 0. The van der Waals surface area contributed by atoms with Crippen LogP contribution in [0.25, 0.3) is 0 Å². The first-order valence-electron chi connectivity index (χ1n) is 2.09. The summed E-state index contributed by atoms with van der Waals surface area (Å²) in [5, 5.41) is 7.31. The molecule has 0 saturated carbocycles. The second-order valence-corrected chi connectivity index (χ2v) is 1.41. The molecule has 0 aliphatic heterocycles. The fourth-order valence-corrected chi connectivity index (χ4v) is 0.424. The van der Waals surface area contributed by atoms with Crippen LogP contribution >= 0.6 is 0 Å². The van der Waals surface area contributed by atoms with Crippen LogP contribution < -0.4 is 5.10 Å². The van der Waals surface area contributed by atoms with Gasteiger partial charge >= 0.3 is 0 Å². The van der Waals surface area contributed by atoms with Gasteiger partial charge in [0.15, 0.2) is 0 Å². The van der Waals surface area contributed by atoms with E-state index >= 15 is 0 Å². The number of hydrogen-bond acceptors (Lipinski definition) is 2. The minimum Gasteiger partial charge on any atom is -0.427 e. The first-order valence-corrected chi connectivity index (χ1v) is 2.09. The van der Waals surface area contributed by atoms with E-state index in [-0.39, 0.29) is 18.6 Å². The monoisotopic (exact) mass is 147 g/mol. The maximum Gasteiger partial charge on any atom is 0.0233 e. The molecule has 0 bridgehead atoms. The van der Waals surface area contributed by atoms with E-state index in [1.807, 2.05) is 13.8 Å². The molecule has 1 aromatic heterocycles. The quantitative estimate of drug-likeness (QED) is 0.520. The summed E-state index contributed by atoms with van der Waals surface area (Å²) in [5.74, 6) is 1.50.